The first-order valence-corrected chi connectivity index (χ1v) is 6.25. The van der Waals surface area contributed by atoms with Gasteiger partial charge in [0.1, 0.15) is 5.82 Å². The first kappa shape index (κ1) is 11.4. The van der Waals surface area contributed by atoms with Gasteiger partial charge in [0.05, 0.1) is 0 Å². The fourth-order valence-corrected chi connectivity index (χ4v) is 1.98. The molecule has 0 aliphatic heterocycles. The normalized spacial score (nSPS) is 10.6. The summed E-state index contributed by atoms with van der Waals surface area (Å²) in [6.45, 7) is 2.11. The molecule has 0 spiro atoms. The van der Waals surface area contributed by atoms with Gasteiger partial charge in [-0.25, -0.2) is 4.98 Å². The number of halogens is 1. The van der Waals surface area contributed by atoms with Crippen molar-refractivity contribution < 1.29 is 0 Å². The summed E-state index contributed by atoms with van der Waals surface area (Å²) in [7, 11) is 0. The van der Waals surface area contributed by atoms with Gasteiger partial charge in [-0.15, -0.1) is 0 Å². The molecule has 5 heteroatoms. The Morgan fingerprint density at radius 3 is 3.00 bits per heavy atom. The highest BCUT2D eigenvalue weighted by atomic mass is 127. The molecule has 0 saturated heterocycles. The van der Waals surface area contributed by atoms with Gasteiger partial charge in [0.25, 0.3) is 0 Å². The van der Waals surface area contributed by atoms with E-state index in [-0.39, 0.29) is 0 Å². The molecule has 1 aromatic carbocycles. The summed E-state index contributed by atoms with van der Waals surface area (Å²) < 4.78 is 1.13. The van der Waals surface area contributed by atoms with Crippen molar-refractivity contribution in [2.45, 2.75) is 19.8 Å². The average Bonchev–Trinajstić information content (AvgIpc) is 2.71. The number of nitrogens with one attached hydrogen (secondary N) is 1. The van der Waals surface area contributed by atoms with E-state index in [1.807, 2.05) is 18.2 Å². The fraction of sp³-hybridized carbons (Fsp3) is 0.273. The Kier molecular flexibility index (Phi) is 3.42. The predicted octanol–water partition coefficient (Wildman–Crippen LogP) is 2.61. The lowest BCUT2D eigenvalue weighted by molar-refractivity contribution is 0.841. The van der Waals surface area contributed by atoms with Gasteiger partial charge >= 0.3 is 0 Å². The number of anilines is 1. The van der Waals surface area contributed by atoms with Gasteiger partial charge in [-0.05, 0) is 47.2 Å². The summed E-state index contributed by atoms with van der Waals surface area (Å²) in [5, 5.41) is 7.12. The number of benzene rings is 1. The van der Waals surface area contributed by atoms with E-state index >= 15 is 0 Å². The van der Waals surface area contributed by atoms with Crippen LogP contribution in [0.4, 0.5) is 5.69 Å². The number of aryl methyl sites for hydroxylation is 1. The molecule has 16 heavy (non-hydrogen) atoms. The molecule has 1 heterocycles. The fourth-order valence-electron chi connectivity index (χ4n) is 1.49. The highest BCUT2D eigenvalue weighted by Gasteiger charge is 2.09. The number of hydrogen-bond acceptors (Lipinski definition) is 3. The monoisotopic (exact) mass is 328 g/mol. The van der Waals surface area contributed by atoms with Crippen LogP contribution in [0.15, 0.2) is 18.2 Å². The quantitative estimate of drug-likeness (QED) is 0.672. The van der Waals surface area contributed by atoms with E-state index in [1.54, 1.807) is 0 Å². The largest absolute Gasteiger partial charge is 0.398 e. The molecule has 0 saturated carbocycles. The second-order valence-electron chi connectivity index (χ2n) is 3.59. The van der Waals surface area contributed by atoms with E-state index in [0.29, 0.717) is 11.5 Å². The van der Waals surface area contributed by atoms with Crippen molar-refractivity contribution in [3.05, 3.63) is 27.6 Å². The zero-order valence-corrected chi connectivity index (χ0v) is 11.2. The Hall–Kier alpha value is -1.11. The number of hydrogen-bond donors (Lipinski definition) is 2. The first-order chi connectivity index (χ1) is 7.70. The molecule has 0 bridgehead atoms. The van der Waals surface area contributed by atoms with Crippen LogP contribution in [-0.4, -0.2) is 15.2 Å². The molecule has 3 N–H and O–H groups in total. The molecule has 0 amide bonds. The summed E-state index contributed by atoms with van der Waals surface area (Å²) in [5.41, 5.74) is 7.51. The minimum absolute atomic E-state index is 0.680. The van der Waals surface area contributed by atoms with Crippen LogP contribution in [0.5, 0.6) is 0 Å². The van der Waals surface area contributed by atoms with Crippen molar-refractivity contribution in [2.75, 3.05) is 5.73 Å². The molecule has 2 rings (SSSR count). The third-order valence-electron chi connectivity index (χ3n) is 2.27. The van der Waals surface area contributed by atoms with Crippen molar-refractivity contribution in [3.63, 3.8) is 0 Å². The SMILES string of the molecule is CCCc1nc(-c2cc(I)ccc2N)n[nH]1. The molecular weight excluding hydrogens is 315 g/mol. The van der Waals surface area contributed by atoms with Crippen molar-refractivity contribution >= 4 is 28.3 Å². The van der Waals surface area contributed by atoms with E-state index in [4.69, 9.17) is 5.73 Å². The number of nitrogens with two attached hydrogens (primary N) is 1. The molecule has 4 nitrogen and oxygen atoms in total. The Bertz CT molecular complexity index is 492. The standard InChI is InChI=1S/C11H13IN4/c1-2-3-10-14-11(16-15-10)8-6-7(12)4-5-9(8)13/h4-6H,2-3,13H2,1H3,(H,14,15,16). The van der Waals surface area contributed by atoms with Crippen LogP contribution < -0.4 is 5.73 Å². The van der Waals surface area contributed by atoms with Crippen LogP contribution in [0.25, 0.3) is 11.4 Å². The molecule has 0 fully saturated rings. The minimum atomic E-state index is 0.680. The van der Waals surface area contributed by atoms with Crippen LogP contribution in [0, 0.1) is 3.57 Å². The summed E-state index contributed by atoms with van der Waals surface area (Å²) in [5.74, 6) is 1.59. The van der Waals surface area contributed by atoms with Crippen molar-refractivity contribution in [2.24, 2.45) is 0 Å². The van der Waals surface area contributed by atoms with Gasteiger partial charge in [0.15, 0.2) is 5.82 Å². The third-order valence-corrected chi connectivity index (χ3v) is 2.95. The third kappa shape index (κ3) is 2.34. The second kappa shape index (κ2) is 4.82. The highest BCUT2D eigenvalue weighted by Crippen LogP contribution is 2.24. The average molecular weight is 328 g/mol. The summed E-state index contributed by atoms with van der Waals surface area (Å²) in [6, 6.07) is 5.85. The molecule has 2 aromatic rings. The van der Waals surface area contributed by atoms with Gasteiger partial charge in [-0.1, -0.05) is 6.92 Å². The molecule has 0 atom stereocenters. The van der Waals surface area contributed by atoms with Crippen LogP contribution in [0.1, 0.15) is 19.2 Å². The van der Waals surface area contributed by atoms with Gasteiger partial charge in [0, 0.05) is 21.2 Å². The van der Waals surface area contributed by atoms with E-state index in [2.05, 4.69) is 44.7 Å². The van der Waals surface area contributed by atoms with E-state index in [0.717, 1.165) is 27.8 Å². The predicted molar refractivity (Wildman–Crippen MR) is 72.9 cm³/mol. The zero-order valence-electron chi connectivity index (χ0n) is 9.00. The van der Waals surface area contributed by atoms with Crippen LogP contribution in [0.2, 0.25) is 0 Å². The second-order valence-corrected chi connectivity index (χ2v) is 4.83. The topological polar surface area (TPSA) is 67.6 Å². The Labute approximate surface area is 108 Å². The Morgan fingerprint density at radius 1 is 1.44 bits per heavy atom. The molecule has 0 aliphatic carbocycles. The van der Waals surface area contributed by atoms with Crippen molar-refractivity contribution in [1.29, 1.82) is 0 Å². The number of aromatic nitrogens is 3. The summed E-state index contributed by atoms with van der Waals surface area (Å²) in [4.78, 5) is 4.42. The molecule has 0 aliphatic rings. The smallest absolute Gasteiger partial charge is 0.183 e. The maximum Gasteiger partial charge on any atom is 0.183 e. The molecule has 0 radical (unpaired) electrons. The number of nitrogens with zero attached hydrogens (tertiary/aromatic N) is 2. The minimum Gasteiger partial charge on any atom is -0.398 e. The Morgan fingerprint density at radius 2 is 2.25 bits per heavy atom. The lowest BCUT2D eigenvalue weighted by atomic mass is 10.2. The lowest BCUT2D eigenvalue weighted by Crippen LogP contribution is -1.92. The van der Waals surface area contributed by atoms with E-state index in [1.165, 1.54) is 0 Å². The van der Waals surface area contributed by atoms with Crippen molar-refractivity contribution in [1.82, 2.24) is 15.2 Å². The van der Waals surface area contributed by atoms with Crippen LogP contribution >= 0.6 is 22.6 Å². The summed E-state index contributed by atoms with van der Waals surface area (Å²) in [6.07, 6.45) is 1.97. The number of nitrogen functional groups attached to an aromatic ring is 1. The summed E-state index contributed by atoms with van der Waals surface area (Å²) >= 11 is 2.25. The first-order valence-electron chi connectivity index (χ1n) is 5.17. The van der Waals surface area contributed by atoms with Crippen molar-refractivity contribution in [3.8, 4) is 11.4 Å². The van der Waals surface area contributed by atoms with Crippen LogP contribution in [-0.2, 0) is 6.42 Å². The molecule has 0 unspecified atom stereocenters. The molecule has 1 aromatic heterocycles. The van der Waals surface area contributed by atoms with Gasteiger partial charge in [-0.3, -0.25) is 5.10 Å². The van der Waals surface area contributed by atoms with Crippen LogP contribution in [0.3, 0.4) is 0 Å². The molecular formula is C11H13IN4. The Balaban J connectivity index is 2.38. The van der Waals surface area contributed by atoms with E-state index < -0.39 is 0 Å². The number of aromatic amines is 1. The number of H-pyrrole nitrogens is 1. The zero-order chi connectivity index (χ0) is 11.5. The van der Waals surface area contributed by atoms with Gasteiger partial charge in [-0.2, -0.15) is 5.10 Å². The number of rotatable bonds is 3. The maximum atomic E-state index is 5.91. The highest BCUT2D eigenvalue weighted by molar-refractivity contribution is 14.1. The molecule has 84 valence electrons. The van der Waals surface area contributed by atoms with Gasteiger partial charge in [0.2, 0.25) is 0 Å². The lowest BCUT2D eigenvalue weighted by Gasteiger charge is -2.01. The maximum absolute atomic E-state index is 5.91. The van der Waals surface area contributed by atoms with E-state index in [9.17, 15) is 0 Å². The van der Waals surface area contributed by atoms with Gasteiger partial charge < -0.3 is 5.73 Å².